The minimum atomic E-state index is -0.667. The average molecular weight is 277 g/mol. The van der Waals surface area contributed by atoms with Crippen LogP contribution in [0.3, 0.4) is 0 Å². The van der Waals surface area contributed by atoms with Gasteiger partial charge < -0.3 is 10.2 Å². The second-order valence-electron chi connectivity index (χ2n) is 5.82. The third-order valence-corrected chi connectivity index (χ3v) is 4.49. The molecular formula is C16H23NO3. The summed E-state index contributed by atoms with van der Waals surface area (Å²) in [4.78, 5) is 13.8. The van der Waals surface area contributed by atoms with Gasteiger partial charge in [-0.1, -0.05) is 25.5 Å². The van der Waals surface area contributed by atoms with Crippen molar-refractivity contribution in [2.75, 3.05) is 13.1 Å². The van der Waals surface area contributed by atoms with Crippen LogP contribution in [-0.2, 0) is 4.79 Å². The van der Waals surface area contributed by atoms with E-state index in [0.717, 1.165) is 31.4 Å². The van der Waals surface area contributed by atoms with Gasteiger partial charge >= 0.3 is 5.97 Å². The molecule has 0 bridgehead atoms. The number of aliphatic carboxylic acids is 1. The highest BCUT2D eigenvalue weighted by Gasteiger charge is 2.45. The normalized spacial score (nSPS) is 24.7. The lowest BCUT2D eigenvalue weighted by atomic mass is 9.82. The Balaban J connectivity index is 2.11. The molecule has 110 valence electrons. The van der Waals surface area contributed by atoms with Crippen molar-refractivity contribution in [3.8, 4) is 5.75 Å². The predicted molar refractivity (Wildman–Crippen MR) is 77.7 cm³/mol. The summed E-state index contributed by atoms with van der Waals surface area (Å²) in [5.41, 5.74) is 0.528. The summed E-state index contributed by atoms with van der Waals surface area (Å²) in [5, 5.41) is 18.9. The van der Waals surface area contributed by atoms with E-state index in [1.165, 1.54) is 0 Å². The van der Waals surface area contributed by atoms with E-state index in [2.05, 4.69) is 11.8 Å². The van der Waals surface area contributed by atoms with Crippen molar-refractivity contribution >= 4 is 5.97 Å². The fourth-order valence-electron chi connectivity index (χ4n) is 3.16. The number of aromatic hydroxyl groups is 1. The van der Waals surface area contributed by atoms with E-state index in [1.54, 1.807) is 12.1 Å². The van der Waals surface area contributed by atoms with E-state index in [0.29, 0.717) is 6.54 Å². The summed E-state index contributed by atoms with van der Waals surface area (Å²) in [7, 11) is 0. The van der Waals surface area contributed by atoms with E-state index in [-0.39, 0.29) is 11.8 Å². The van der Waals surface area contributed by atoms with Crippen molar-refractivity contribution < 1.29 is 15.0 Å². The molecular weight excluding hydrogens is 254 g/mol. The SMILES string of the molecule is CCCC1(C(=O)O)CCN(C(C)c2ccc(O)cc2)C1. The molecule has 2 unspecified atom stereocenters. The maximum Gasteiger partial charge on any atom is 0.310 e. The van der Waals surface area contributed by atoms with Crippen LogP contribution in [0.5, 0.6) is 5.75 Å². The van der Waals surface area contributed by atoms with Crippen molar-refractivity contribution in [1.29, 1.82) is 0 Å². The lowest BCUT2D eigenvalue weighted by Gasteiger charge is -2.28. The zero-order valence-corrected chi connectivity index (χ0v) is 12.2. The van der Waals surface area contributed by atoms with Crippen LogP contribution in [0, 0.1) is 5.41 Å². The largest absolute Gasteiger partial charge is 0.508 e. The van der Waals surface area contributed by atoms with Gasteiger partial charge in [0, 0.05) is 12.6 Å². The number of nitrogens with zero attached hydrogens (tertiary/aromatic N) is 1. The van der Waals surface area contributed by atoms with Gasteiger partial charge in [-0.15, -0.1) is 0 Å². The van der Waals surface area contributed by atoms with Crippen LogP contribution in [0.2, 0.25) is 0 Å². The number of phenols is 1. The first-order chi connectivity index (χ1) is 9.48. The average Bonchev–Trinajstić information content (AvgIpc) is 2.85. The van der Waals surface area contributed by atoms with Crippen molar-refractivity contribution in [2.45, 2.75) is 39.2 Å². The molecule has 0 spiro atoms. The molecule has 0 saturated carbocycles. The predicted octanol–water partition coefficient (Wildman–Crippen LogP) is 3.03. The molecule has 0 aliphatic carbocycles. The maximum atomic E-state index is 11.6. The van der Waals surface area contributed by atoms with Gasteiger partial charge in [-0.25, -0.2) is 0 Å². The van der Waals surface area contributed by atoms with Crippen LogP contribution in [0.25, 0.3) is 0 Å². The van der Waals surface area contributed by atoms with Crippen molar-refractivity contribution in [3.63, 3.8) is 0 Å². The zero-order valence-electron chi connectivity index (χ0n) is 12.2. The number of hydrogen-bond donors (Lipinski definition) is 2. The van der Waals surface area contributed by atoms with E-state index < -0.39 is 11.4 Å². The van der Waals surface area contributed by atoms with Crippen LogP contribution >= 0.6 is 0 Å². The number of carboxylic acid groups (broad SMARTS) is 1. The summed E-state index contributed by atoms with van der Waals surface area (Å²) < 4.78 is 0. The highest BCUT2D eigenvalue weighted by atomic mass is 16.4. The molecule has 2 rings (SSSR count). The quantitative estimate of drug-likeness (QED) is 0.868. The minimum absolute atomic E-state index is 0.175. The van der Waals surface area contributed by atoms with Gasteiger partial charge in [0.1, 0.15) is 5.75 Å². The van der Waals surface area contributed by atoms with Crippen molar-refractivity contribution in [1.82, 2.24) is 4.90 Å². The first-order valence-electron chi connectivity index (χ1n) is 7.25. The fourth-order valence-corrected chi connectivity index (χ4v) is 3.16. The summed E-state index contributed by atoms with van der Waals surface area (Å²) >= 11 is 0. The Morgan fingerprint density at radius 2 is 2.05 bits per heavy atom. The zero-order chi connectivity index (χ0) is 14.8. The monoisotopic (exact) mass is 277 g/mol. The summed E-state index contributed by atoms with van der Waals surface area (Å²) in [6.45, 7) is 5.56. The Morgan fingerprint density at radius 1 is 1.40 bits per heavy atom. The number of likely N-dealkylation sites (tertiary alicyclic amines) is 1. The molecule has 4 nitrogen and oxygen atoms in total. The second-order valence-corrected chi connectivity index (χ2v) is 5.82. The topological polar surface area (TPSA) is 60.8 Å². The van der Waals surface area contributed by atoms with Gasteiger partial charge in [0.25, 0.3) is 0 Å². The molecule has 1 heterocycles. The van der Waals surface area contributed by atoms with E-state index >= 15 is 0 Å². The molecule has 1 saturated heterocycles. The van der Waals surface area contributed by atoms with E-state index in [9.17, 15) is 15.0 Å². The van der Waals surface area contributed by atoms with Crippen LogP contribution in [-0.4, -0.2) is 34.2 Å². The van der Waals surface area contributed by atoms with E-state index in [4.69, 9.17) is 0 Å². The number of phenolic OH excluding ortho intramolecular Hbond substituents is 1. The van der Waals surface area contributed by atoms with Crippen molar-refractivity contribution in [3.05, 3.63) is 29.8 Å². The Morgan fingerprint density at radius 3 is 2.60 bits per heavy atom. The molecule has 4 heteroatoms. The Kier molecular flexibility index (Phi) is 4.33. The van der Waals surface area contributed by atoms with Crippen molar-refractivity contribution in [2.24, 2.45) is 5.41 Å². The Labute approximate surface area is 120 Å². The lowest BCUT2D eigenvalue weighted by molar-refractivity contribution is -0.148. The molecule has 2 N–H and O–H groups in total. The van der Waals surface area contributed by atoms with Gasteiger partial charge in [0.2, 0.25) is 0 Å². The molecule has 1 aromatic rings. The summed E-state index contributed by atoms with van der Waals surface area (Å²) in [6.07, 6.45) is 2.35. The highest BCUT2D eigenvalue weighted by molar-refractivity contribution is 5.75. The molecule has 20 heavy (non-hydrogen) atoms. The smallest absolute Gasteiger partial charge is 0.310 e. The number of rotatable bonds is 5. The molecule has 1 aliphatic rings. The highest BCUT2D eigenvalue weighted by Crippen LogP contribution is 2.39. The number of carboxylic acids is 1. The molecule has 2 atom stereocenters. The number of hydrogen-bond acceptors (Lipinski definition) is 3. The summed E-state index contributed by atoms with van der Waals surface area (Å²) in [5.74, 6) is -0.409. The molecule has 1 aromatic carbocycles. The standard InChI is InChI=1S/C16H23NO3/c1-3-8-16(15(19)20)9-10-17(11-16)12(2)13-4-6-14(18)7-5-13/h4-7,12,18H,3,8-11H2,1-2H3,(H,19,20). The third-order valence-electron chi connectivity index (χ3n) is 4.49. The number of carbonyl (C=O) groups is 1. The third kappa shape index (κ3) is 2.80. The first kappa shape index (κ1) is 14.9. The maximum absolute atomic E-state index is 11.6. The fraction of sp³-hybridized carbons (Fsp3) is 0.562. The van der Waals surface area contributed by atoms with Crippen LogP contribution in [0.1, 0.15) is 44.7 Å². The molecule has 0 radical (unpaired) electrons. The minimum Gasteiger partial charge on any atom is -0.508 e. The van der Waals surface area contributed by atoms with Crippen LogP contribution in [0.15, 0.2) is 24.3 Å². The number of benzene rings is 1. The van der Waals surface area contributed by atoms with Gasteiger partial charge in [-0.05, 0) is 44.0 Å². The van der Waals surface area contributed by atoms with Gasteiger partial charge in [-0.3, -0.25) is 9.69 Å². The first-order valence-corrected chi connectivity index (χ1v) is 7.25. The Bertz CT molecular complexity index is 471. The van der Waals surface area contributed by atoms with Gasteiger partial charge in [0.05, 0.1) is 5.41 Å². The van der Waals surface area contributed by atoms with Crippen LogP contribution < -0.4 is 0 Å². The van der Waals surface area contributed by atoms with Gasteiger partial charge in [0.15, 0.2) is 0 Å². The molecule has 0 aromatic heterocycles. The van der Waals surface area contributed by atoms with Gasteiger partial charge in [-0.2, -0.15) is 0 Å². The van der Waals surface area contributed by atoms with Crippen LogP contribution in [0.4, 0.5) is 0 Å². The second kappa shape index (κ2) is 5.83. The molecule has 1 fully saturated rings. The Hall–Kier alpha value is -1.55. The van der Waals surface area contributed by atoms with E-state index in [1.807, 2.05) is 19.1 Å². The molecule has 1 aliphatic heterocycles. The summed E-state index contributed by atoms with van der Waals surface area (Å²) in [6, 6.07) is 7.34. The lowest BCUT2D eigenvalue weighted by Crippen LogP contribution is -2.35. The molecule has 0 amide bonds.